The van der Waals surface area contributed by atoms with Gasteiger partial charge in [-0.15, -0.1) is 11.3 Å². The summed E-state index contributed by atoms with van der Waals surface area (Å²) < 4.78 is 12.3. The van der Waals surface area contributed by atoms with E-state index in [2.05, 4.69) is 21.9 Å². The van der Waals surface area contributed by atoms with Gasteiger partial charge in [-0.2, -0.15) is 0 Å². The Morgan fingerprint density at radius 1 is 1.19 bits per heavy atom. The van der Waals surface area contributed by atoms with E-state index in [1.807, 2.05) is 49.4 Å². The second-order valence-electron chi connectivity index (χ2n) is 6.77. The highest BCUT2D eigenvalue weighted by molar-refractivity contribution is 8.02. The molecule has 6 nitrogen and oxygen atoms in total. The number of nitrogens with one attached hydrogen (secondary N) is 1. The lowest BCUT2D eigenvalue weighted by Gasteiger charge is -2.13. The van der Waals surface area contributed by atoms with E-state index in [-0.39, 0.29) is 0 Å². The summed E-state index contributed by atoms with van der Waals surface area (Å²) >= 11 is 3.11. The molecule has 0 fully saturated rings. The zero-order valence-electron chi connectivity index (χ0n) is 17.2. The number of rotatable bonds is 8. The number of fused-ring (bicyclic) bond motifs is 1. The van der Waals surface area contributed by atoms with Crippen molar-refractivity contribution in [1.29, 1.82) is 0 Å². The number of anilines is 3. The van der Waals surface area contributed by atoms with E-state index < -0.39 is 0 Å². The fraction of sp³-hybridized carbons (Fsp3) is 0.130. The molecular formula is C23H22N4O2S2. The average Bonchev–Trinajstić information content (AvgIpc) is 3.16. The molecule has 2 heterocycles. The number of ether oxygens (including phenoxy) is 2. The Morgan fingerprint density at radius 3 is 2.81 bits per heavy atom. The Morgan fingerprint density at radius 2 is 2.06 bits per heavy atom. The first-order chi connectivity index (χ1) is 15.1. The maximum absolute atomic E-state index is 6.10. The largest absolute Gasteiger partial charge is 0.457 e. The quantitative estimate of drug-likeness (QED) is 0.234. The van der Waals surface area contributed by atoms with Gasteiger partial charge in [0, 0.05) is 34.3 Å². The highest BCUT2D eigenvalue weighted by atomic mass is 32.2. The highest BCUT2D eigenvalue weighted by Crippen LogP contribution is 2.35. The molecule has 0 aliphatic rings. The van der Waals surface area contributed by atoms with Crippen molar-refractivity contribution in [3.63, 3.8) is 0 Å². The summed E-state index contributed by atoms with van der Waals surface area (Å²) in [6.45, 7) is 6.28. The van der Waals surface area contributed by atoms with E-state index in [9.17, 15) is 0 Å². The standard InChI is InChI=1S/C23H22N4O2S2/c1-4-30-21-8-6-16(10-18(21)24)29-20-7-5-15(9-14(20)2)27-23-22-19(25-13-26-23)11-17(31-22)12-28-3/h4-11,13H,1,12,24H2,2-3H3,(H,25,26,27). The Hall–Kier alpha value is -3.07. The van der Waals surface area contributed by atoms with Crippen molar-refractivity contribution in [2.24, 2.45) is 0 Å². The Bertz CT molecular complexity index is 1240. The number of hydrogen-bond acceptors (Lipinski definition) is 8. The molecule has 0 atom stereocenters. The molecule has 0 unspecified atom stereocenters. The molecule has 0 saturated carbocycles. The van der Waals surface area contributed by atoms with Gasteiger partial charge in [-0.05, 0) is 54.3 Å². The van der Waals surface area contributed by atoms with Crippen molar-refractivity contribution in [1.82, 2.24) is 9.97 Å². The maximum Gasteiger partial charge on any atom is 0.151 e. The van der Waals surface area contributed by atoms with Gasteiger partial charge in [0.05, 0.1) is 16.8 Å². The predicted molar refractivity (Wildman–Crippen MR) is 130 cm³/mol. The van der Waals surface area contributed by atoms with Crippen LogP contribution in [-0.2, 0) is 11.3 Å². The third kappa shape index (κ3) is 4.82. The van der Waals surface area contributed by atoms with Crippen molar-refractivity contribution >= 4 is 50.5 Å². The molecule has 2 aromatic carbocycles. The summed E-state index contributed by atoms with van der Waals surface area (Å²) in [5.74, 6) is 2.23. The van der Waals surface area contributed by atoms with Crippen molar-refractivity contribution < 1.29 is 9.47 Å². The molecule has 0 bridgehead atoms. The summed E-state index contributed by atoms with van der Waals surface area (Å²) in [6, 6.07) is 13.6. The molecule has 0 amide bonds. The highest BCUT2D eigenvalue weighted by Gasteiger charge is 2.11. The van der Waals surface area contributed by atoms with Gasteiger partial charge in [0.15, 0.2) is 5.82 Å². The third-order valence-corrected chi connectivity index (χ3v) is 6.40. The zero-order chi connectivity index (χ0) is 21.8. The smallest absolute Gasteiger partial charge is 0.151 e. The Labute approximate surface area is 189 Å². The first kappa shape index (κ1) is 21.2. The van der Waals surface area contributed by atoms with Crippen LogP contribution in [-0.4, -0.2) is 17.1 Å². The normalized spacial score (nSPS) is 10.9. The van der Waals surface area contributed by atoms with Gasteiger partial charge in [0.1, 0.15) is 17.8 Å². The van der Waals surface area contributed by atoms with Gasteiger partial charge in [0.25, 0.3) is 0 Å². The van der Waals surface area contributed by atoms with Gasteiger partial charge in [-0.1, -0.05) is 18.3 Å². The SMILES string of the molecule is C=CSc1ccc(Oc2ccc(Nc3ncnc4cc(COC)sc34)cc2C)cc1N. The minimum absolute atomic E-state index is 0.559. The van der Waals surface area contributed by atoms with Crippen molar-refractivity contribution in [2.75, 3.05) is 18.2 Å². The molecule has 0 saturated heterocycles. The molecule has 0 aliphatic carbocycles. The van der Waals surface area contributed by atoms with Crippen molar-refractivity contribution in [3.05, 3.63) is 71.2 Å². The molecule has 4 rings (SSSR count). The molecule has 31 heavy (non-hydrogen) atoms. The van der Waals surface area contributed by atoms with Crippen LogP contribution in [0.1, 0.15) is 10.4 Å². The van der Waals surface area contributed by atoms with Gasteiger partial charge in [-0.3, -0.25) is 0 Å². The molecule has 3 N–H and O–H groups in total. The molecule has 158 valence electrons. The van der Waals surface area contributed by atoms with Crippen LogP contribution >= 0.6 is 23.1 Å². The van der Waals surface area contributed by atoms with Crippen molar-refractivity contribution in [3.8, 4) is 11.5 Å². The lowest BCUT2D eigenvalue weighted by atomic mass is 10.2. The summed E-state index contributed by atoms with van der Waals surface area (Å²) in [6.07, 6.45) is 1.57. The second kappa shape index (κ2) is 9.38. The minimum Gasteiger partial charge on any atom is -0.457 e. The summed E-state index contributed by atoms with van der Waals surface area (Å²) in [4.78, 5) is 10.8. The minimum atomic E-state index is 0.559. The molecule has 0 spiro atoms. The van der Waals surface area contributed by atoms with E-state index in [1.54, 1.807) is 30.2 Å². The first-order valence-electron chi connectivity index (χ1n) is 9.52. The fourth-order valence-electron chi connectivity index (χ4n) is 3.10. The van der Waals surface area contributed by atoms with Crippen LogP contribution in [0.2, 0.25) is 0 Å². The van der Waals surface area contributed by atoms with Gasteiger partial charge in [0.2, 0.25) is 0 Å². The number of nitrogens with zero attached hydrogens (tertiary/aromatic N) is 2. The number of benzene rings is 2. The molecule has 0 aliphatic heterocycles. The number of aromatic nitrogens is 2. The number of nitrogens with two attached hydrogens (primary N) is 1. The predicted octanol–water partition coefficient (Wildman–Crippen LogP) is 6.50. The van der Waals surface area contributed by atoms with E-state index in [1.165, 1.54) is 11.8 Å². The topological polar surface area (TPSA) is 82.3 Å². The molecule has 4 aromatic rings. The number of thiophene rings is 1. The van der Waals surface area contributed by atoms with Crippen LogP contribution in [0.25, 0.3) is 10.2 Å². The maximum atomic E-state index is 6.10. The van der Waals surface area contributed by atoms with Crippen LogP contribution in [0.5, 0.6) is 11.5 Å². The van der Waals surface area contributed by atoms with Crippen LogP contribution in [0.4, 0.5) is 17.2 Å². The van der Waals surface area contributed by atoms with Gasteiger partial charge in [-0.25, -0.2) is 9.97 Å². The van der Waals surface area contributed by atoms with Crippen LogP contribution < -0.4 is 15.8 Å². The number of aryl methyl sites for hydroxylation is 1. The summed E-state index contributed by atoms with van der Waals surface area (Å²) in [7, 11) is 1.69. The van der Waals surface area contributed by atoms with E-state index in [4.69, 9.17) is 15.2 Å². The number of hydrogen-bond donors (Lipinski definition) is 2. The molecular weight excluding hydrogens is 428 g/mol. The zero-order valence-corrected chi connectivity index (χ0v) is 18.8. The van der Waals surface area contributed by atoms with Crippen LogP contribution in [0.15, 0.2) is 65.7 Å². The fourth-order valence-corrected chi connectivity index (χ4v) is 4.65. The molecule has 2 aromatic heterocycles. The van der Waals surface area contributed by atoms with Crippen LogP contribution in [0.3, 0.4) is 0 Å². The second-order valence-corrected chi connectivity index (χ2v) is 8.92. The summed E-state index contributed by atoms with van der Waals surface area (Å²) in [5, 5.41) is 5.15. The first-order valence-corrected chi connectivity index (χ1v) is 11.2. The summed E-state index contributed by atoms with van der Waals surface area (Å²) in [5.41, 5.74) is 9.57. The van der Waals surface area contributed by atoms with Gasteiger partial charge >= 0.3 is 0 Å². The Kier molecular flexibility index (Phi) is 6.41. The number of methoxy groups -OCH3 is 1. The van der Waals surface area contributed by atoms with E-state index in [0.717, 1.165) is 42.8 Å². The lowest BCUT2D eigenvalue weighted by molar-refractivity contribution is 0.187. The van der Waals surface area contributed by atoms with E-state index >= 15 is 0 Å². The molecule has 0 radical (unpaired) electrons. The molecule has 8 heteroatoms. The van der Waals surface area contributed by atoms with Gasteiger partial charge < -0.3 is 20.5 Å². The Balaban J connectivity index is 1.53. The number of thioether (sulfide) groups is 1. The lowest BCUT2D eigenvalue weighted by Crippen LogP contribution is -1.96. The monoisotopic (exact) mass is 450 g/mol. The third-order valence-electron chi connectivity index (χ3n) is 4.51. The number of nitrogen functional groups attached to an aromatic ring is 1. The average molecular weight is 451 g/mol. The van der Waals surface area contributed by atoms with Crippen molar-refractivity contribution in [2.45, 2.75) is 18.4 Å². The van der Waals surface area contributed by atoms with Crippen LogP contribution in [0, 0.1) is 6.92 Å². The van der Waals surface area contributed by atoms with E-state index in [0.29, 0.717) is 18.0 Å².